The molecular formula is C12H14ClN3O2. The van der Waals surface area contributed by atoms with Gasteiger partial charge in [-0.3, -0.25) is 9.59 Å². The maximum atomic E-state index is 11.8. The highest BCUT2D eigenvalue weighted by Gasteiger charge is 2.29. The molecule has 1 aromatic rings. The third-order valence-electron chi connectivity index (χ3n) is 2.88. The van der Waals surface area contributed by atoms with E-state index in [4.69, 9.17) is 17.3 Å². The summed E-state index contributed by atoms with van der Waals surface area (Å²) in [5.74, 6) is -0.290. The van der Waals surface area contributed by atoms with E-state index in [1.807, 2.05) is 0 Å². The lowest BCUT2D eigenvalue weighted by Gasteiger charge is -2.18. The van der Waals surface area contributed by atoms with E-state index in [1.165, 1.54) is 4.90 Å². The third kappa shape index (κ3) is 2.32. The van der Waals surface area contributed by atoms with E-state index >= 15 is 0 Å². The highest BCUT2D eigenvalue weighted by molar-refractivity contribution is 6.34. The molecule has 0 radical (unpaired) electrons. The Hall–Kier alpha value is -1.59. The second-order valence-electron chi connectivity index (χ2n) is 4.21. The molecule has 0 bridgehead atoms. The topological polar surface area (TPSA) is 75.4 Å². The van der Waals surface area contributed by atoms with Crippen molar-refractivity contribution in [2.45, 2.75) is 12.5 Å². The quantitative estimate of drug-likeness (QED) is 0.831. The van der Waals surface area contributed by atoms with E-state index in [0.717, 1.165) is 0 Å². The smallest absolute Gasteiger partial charge is 0.251 e. The molecular weight excluding hydrogens is 254 g/mol. The van der Waals surface area contributed by atoms with Gasteiger partial charge in [-0.2, -0.15) is 0 Å². The molecule has 5 nitrogen and oxygen atoms in total. The molecule has 0 aromatic heterocycles. The molecule has 96 valence electrons. The SMILES string of the molecule is CNC(=O)c1ccc(Cl)c(N2CC(N)CC2=O)c1. The number of carbonyl (C=O) groups is 2. The molecule has 3 N–H and O–H groups in total. The molecule has 1 saturated heterocycles. The van der Waals surface area contributed by atoms with Crippen LogP contribution in [0, 0.1) is 0 Å². The summed E-state index contributed by atoms with van der Waals surface area (Å²) in [4.78, 5) is 24.9. The standard InChI is InChI=1S/C12H14ClN3O2/c1-15-12(18)7-2-3-9(13)10(4-7)16-6-8(14)5-11(16)17/h2-4,8H,5-6,14H2,1H3,(H,15,18). The molecule has 2 amide bonds. The Bertz CT molecular complexity index is 504. The van der Waals surface area contributed by atoms with Gasteiger partial charge >= 0.3 is 0 Å². The maximum Gasteiger partial charge on any atom is 0.251 e. The lowest BCUT2D eigenvalue weighted by atomic mass is 10.1. The minimum absolute atomic E-state index is 0.0709. The highest BCUT2D eigenvalue weighted by atomic mass is 35.5. The summed E-state index contributed by atoms with van der Waals surface area (Å²) >= 11 is 6.07. The van der Waals surface area contributed by atoms with Gasteiger partial charge in [0.2, 0.25) is 5.91 Å². The predicted octanol–water partition coefficient (Wildman–Crippen LogP) is 0.764. The number of halogens is 1. The molecule has 2 rings (SSSR count). The fraction of sp³-hybridized carbons (Fsp3) is 0.333. The number of nitrogens with one attached hydrogen (secondary N) is 1. The van der Waals surface area contributed by atoms with E-state index < -0.39 is 0 Å². The van der Waals surface area contributed by atoms with Crippen LogP contribution in [0.4, 0.5) is 5.69 Å². The van der Waals surface area contributed by atoms with Gasteiger partial charge in [-0.05, 0) is 18.2 Å². The van der Waals surface area contributed by atoms with Crippen LogP contribution in [0.25, 0.3) is 0 Å². The summed E-state index contributed by atoms with van der Waals surface area (Å²) < 4.78 is 0. The van der Waals surface area contributed by atoms with E-state index in [9.17, 15) is 9.59 Å². The van der Waals surface area contributed by atoms with E-state index in [1.54, 1.807) is 25.2 Å². The van der Waals surface area contributed by atoms with Crippen molar-refractivity contribution in [1.82, 2.24) is 5.32 Å². The zero-order valence-electron chi connectivity index (χ0n) is 9.94. The molecule has 1 aliphatic rings. The first-order chi connectivity index (χ1) is 8.52. The molecule has 0 aliphatic carbocycles. The lowest BCUT2D eigenvalue weighted by molar-refractivity contribution is -0.117. The summed E-state index contributed by atoms with van der Waals surface area (Å²) in [6.07, 6.45) is 0.306. The first kappa shape index (κ1) is 12.9. The van der Waals surface area contributed by atoms with Crippen LogP contribution in [-0.4, -0.2) is 31.4 Å². The molecule has 0 spiro atoms. The average molecular weight is 268 g/mol. The largest absolute Gasteiger partial charge is 0.355 e. The Morgan fingerprint density at radius 1 is 1.56 bits per heavy atom. The van der Waals surface area contributed by atoms with Crippen LogP contribution in [0.3, 0.4) is 0 Å². The first-order valence-electron chi connectivity index (χ1n) is 5.60. The lowest BCUT2D eigenvalue weighted by Crippen LogP contribution is -2.28. The monoisotopic (exact) mass is 267 g/mol. The summed E-state index contributed by atoms with van der Waals surface area (Å²) in [6.45, 7) is 0.426. The van der Waals surface area contributed by atoms with E-state index in [2.05, 4.69) is 5.32 Å². The number of hydrogen-bond donors (Lipinski definition) is 2. The Balaban J connectivity index is 2.38. The highest BCUT2D eigenvalue weighted by Crippen LogP contribution is 2.30. The molecule has 6 heteroatoms. The van der Waals surface area contributed by atoms with Gasteiger partial charge in [0.1, 0.15) is 0 Å². The van der Waals surface area contributed by atoms with Crippen LogP contribution in [-0.2, 0) is 4.79 Å². The number of amides is 2. The van der Waals surface area contributed by atoms with Gasteiger partial charge in [0, 0.05) is 31.6 Å². The van der Waals surface area contributed by atoms with Crippen LogP contribution in [0.15, 0.2) is 18.2 Å². The second kappa shape index (κ2) is 4.96. The van der Waals surface area contributed by atoms with Crippen LogP contribution in [0.1, 0.15) is 16.8 Å². The Morgan fingerprint density at radius 3 is 2.83 bits per heavy atom. The van der Waals surface area contributed by atoms with Crippen molar-refractivity contribution in [3.63, 3.8) is 0 Å². The fourth-order valence-electron chi connectivity index (χ4n) is 1.97. The summed E-state index contributed by atoms with van der Waals surface area (Å²) in [5, 5.41) is 2.96. The Labute approximate surface area is 110 Å². The van der Waals surface area contributed by atoms with Crippen molar-refractivity contribution in [1.29, 1.82) is 0 Å². The van der Waals surface area contributed by atoms with Crippen LogP contribution in [0.2, 0.25) is 5.02 Å². The Morgan fingerprint density at radius 2 is 2.28 bits per heavy atom. The van der Waals surface area contributed by atoms with Gasteiger partial charge in [0.15, 0.2) is 0 Å². The van der Waals surface area contributed by atoms with Gasteiger partial charge in [0.25, 0.3) is 5.91 Å². The first-order valence-corrected chi connectivity index (χ1v) is 5.98. The van der Waals surface area contributed by atoms with Gasteiger partial charge in [-0.1, -0.05) is 11.6 Å². The number of benzene rings is 1. The number of nitrogens with two attached hydrogens (primary N) is 1. The zero-order valence-corrected chi connectivity index (χ0v) is 10.7. The van der Waals surface area contributed by atoms with Crippen molar-refractivity contribution >= 4 is 29.1 Å². The van der Waals surface area contributed by atoms with E-state index in [0.29, 0.717) is 29.2 Å². The fourth-order valence-corrected chi connectivity index (χ4v) is 2.19. The molecule has 1 aromatic carbocycles. The van der Waals surface area contributed by atoms with Crippen LogP contribution in [0.5, 0.6) is 0 Å². The molecule has 1 heterocycles. The van der Waals surface area contributed by atoms with Crippen LogP contribution < -0.4 is 16.0 Å². The zero-order chi connectivity index (χ0) is 13.3. The molecule has 18 heavy (non-hydrogen) atoms. The minimum atomic E-state index is -0.219. The molecule has 1 aliphatic heterocycles. The van der Waals surface area contributed by atoms with Crippen molar-refractivity contribution in [3.05, 3.63) is 28.8 Å². The molecule has 1 unspecified atom stereocenters. The van der Waals surface area contributed by atoms with Crippen LogP contribution >= 0.6 is 11.6 Å². The van der Waals surface area contributed by atoms with Gasteiger partial charge in [-0.25, -0.2) is 0 Å². The molecule has 1 atom stereocenters. The average Bonchev–Trinajstić information content (AvgIpc) is 2.68. The number of rotatable bonds is 2. The number of anilines is 1. The summed E-state index contributed by atoms with van der Waals surface area (Å²) in [5.41, 5.74) is 6.74. The van der Waals surface area contributed by atoms with Crippen molar-refractivity contribution < 1.29 is 9.59 Å². The normalized spacial score (nSPS) is 19.2. The van der Waals surface area contributed by atoms with E-state index in [-0.39, 0.29) is 17.9 Å². The number of carbonyl (C=O) groups excluding carboxylic acids is 2. The number of hydrogen-bond acceptors (Lipinski definition) is 3. The predicted molar refractivity (Wildman–Crippen MR) is 69.8 cm³/mol. The molecule has 1 fully saturated rings. The number of nitrogens with zero attached hydrogens (tertiary/aromatic N) is 1. The van der Waals surface area contributed by atoms with Gasteiger partial charge in [-0.15, -0.1) is 0 Å². The maximum absolute atomic E-state index is 11.8. The summed E-state index contributed by atoms with van der Waals surface area (Å²) in [7, 11) is 1.55. The van der Waals surface area contributed by atoms with Crippen molar-refractivity contribution in [3.8, 4) is 0 Å². The Kier molecular flexibility index (Phi) is 3.54. The van der Waals surface area contributed by atoms with Gasteiger partial charge in [0.05, 0.1) is 10.7 Å². The minimum Gasteiger partial charge on any atom is -0.355 e. The van der Waals surface area contributed by atoms with Gasteiger partial charge < -0.3 is 16.0 Å². The van der Waals surface area contributed by atoms with Crippen molar-refractivity contribution in [2.24, 2.45) is 5.73 Å². The summed E-state index contributed by atoms with van der Waals surface area (Å²) in [6, 6.07) is 4.65. The second-order valence-corrected chi connectivity index (χ2v) is 4.62. The third-order valence-corrected chi connectivity index (χ3v) is 3.20. The van der Waals surface area contributed by atoms with Crippen molar-refractivity contribution in [2.75, 3.05) is 18.5 Å². The molecule has 0 saturated carbocycles.